The molecule has 20 heavy (non-hydrogen) atoms. The van der Waals surface area contributed by atoms with Gasteiger partial charge in [0.05, 0.1) is 5.02 Å². The minimum atomic E-state index is 0.291. The van der Waals surface area contributed by atoms with E-state index in [1.807, 2.05) is 17.5 Å². The molecule has 0 aliphatic rings. The Labute approximate surface area is 137 Å². The maximum atomic E-state index is 6.29. The fourth-order valence-electron chi connectivity index (χ4n) is 1.91. The van der Waals surface area contributed by atoms with Gasteiger partial charge in [0.15, 0.2) is 0 Å². The highest BCUT2D eigenvalue weighted by molar-refractivity contribution is 9.10. The second-order valence-electron chi connectivity index (χ2n) is 4.49. The molecule has 0 bridgehead atoms. The van der Waals surface area contributed by atoms with Crippen LogP contribution in [0.2, 0.25) is 5.02 Å². The van der Waals surface area contributed by atoms with Crippen molar-refractivity contribution in [2.75, 3.05) is 6.54 Å². The molecule has 0 amide bonds. The molecule has 0 spiro atoms. The van der Waals surface area contributed by atoms with Gasteiger partial charge in [-0.2, -0.15) is 0 Å². The first-order valence-electron chi connectivity index (χ1n) is 6.48. The molecule has 0 radical (unpaired) electrons. The molecule has 0 aliphatic heterocycles. The van der Waals surface area contributed by atoms with Gasteiger partial charge in [-0.25, -0.2) is 0 Å². The molecule has 1 unspecified atom stereocenters. The van der Waals surface area contributed by atoms with Gasteiger partial charge >= 0.3 is 0 Å². The molecule has 1 aromatic carbocycles. The highest BCUT2D eigenvalue weighted by atomic mass is 79.9. The number of rotatable bonds is 6. The highest BCUT2D eigenvalue weighted by Crippen LogP contribution is 2.29. The summed E-state index contributed by atoms with van der Waals surface area (Å²) in [6, 6.07) is 8.31. The molecule has 0 aliphatic carbocycles. The number of thiophene rings is 1. The third-order valence-electron chi connectivity index (χ3n) is 2.96. The maximum absolute atomic E-state index is 6.29. The fraction of sp³-hybridized carbons (Fsp3) is 0.333. The molecule has 1 N–H and O–H groups in total. The van der Waals surface area contributed by atoms with Crippen LogP contribution in [0.15, 0.2) is 34.1 Å². The largest absolute Gasteiger partial charge is 0.487 e. The standard InChI is InChI=1S/C15H17BrClNOS/c1-3-18-10(2)11-4-5-15(14(17)6-11)19-8-13-7-12(16)9-20-13/h4-7,9-10,18H,3,8H2,1-2H3. The first-order chi connectivity index (χ1) is 9.60. The van der Waals surface area contributed by atoms with Crippen LogP contribution in [0.5, 0.6) is 5.75 Å². The number of nitrogens with one attached hydrogen (secondary N) is 1. The first kappa shape index (κ1) is 15.8. The summed E-state index contributed by atoms with van der Waals surface area (Å²) in [4.78, 5) is 1.16. The number of hydrogen-bond acceptors (Lipinski definition) is 3. The van der Waals surface area contributed by atoms with Crippen molar-refractivity contribution in [3.63, 3.8) is 0 Å². The Kier molecular flexibility index (Phi) is 5.90. The van der Waals surface area contributed by atoms with E-state index < -0.39 is 0 Å². The number of halogens is 2. The predicted octanol–water partition coefficient (Wildman–Crippen LogP) is 5.41. The van der Waals surface area contributed by atoms with Crippen LogP contribution in [0.1, 0.15) is 30.3 Å². The second kappa shape index (κ2) is 7.46. The SMILES string of the molecule is CCNC(C)c1ccc(OCc2cc(Br)cs2)c(Cl)c1. The van der Waals surface area contributed by atoms with E-state index in [2.05, 4.69) is 47.2 Å². The van der Waals surface area contributed by atoms with Crippen molar-refractivity contribution < 1.29 is 4.74 Å². The third kappa shape index (κ3) is 4.22. The van der Waals surface area contributed by atoms with Gasteiger partial charge in [0, 0.05) is 20.8 Å². The molecule has 108 valence electrons. The van der Waals surface area contributed by atoms with Gasteiger partial charge in [0.25, 0.3) is 0 Å². The van der Waals surface area contributed by atoms with Crippen LogP contribution in [0.25, 0.3) is 0 Å². The summed E-state index contributed by atoms with van der Waals surface area (Å²) in [5.41, 5.74) is 1.17. The Morgan fingerprint density at radius 1 is 1.40 bits per heavy atom. The van der Waals surface area contributed by atoms with Gasteiger partial charge in [-0.3, -0.25) is 0 Å². The lowest BCUT2D eigenvalue weighted by atomic mass is 10.1. The average molecular weight is 375 g/mol. The zero-order chi connectivity index (χ0) is 14.5. The summed E-state index contributed by atoms with van der Waals surface area (Å²) in [5, 5.41) is 6.06. The van der Waals surface area contributed by atoms with Crippen molar-refractivity contribution in [2.45, 2.75) is 26.5 Å². The topological polar surface area (TPSA) is 21.3 Å². The molecule has 0 saturated carbocycles. The summed E-state index contributed by atoms with van der Waals surface area (Å²) in [7, 11) is 0. The summed E-state index contributed by atoms with van der Waals surface area (Å²) in [5.74, 6) is 0.726. The molecular weight excluding hydrogens is 358 g/mol. The van der Waals surface area contributed by atoms with E-state index in [-0.39, 0.29) is 0 Å². The minimum Gasteiger partial charge on any atom is -0.487 e. The van der Waals surface area contributed by atoms with Crippen molar-refractivity contribution in [3.05, 3.63) is 49.6 Å². The summed E-state index contributed by atoms with van der Waals surface area (Å²) in [6.07, 6.45) is 0. The molecule has 2 nitrogen and oxygen atoms in total. The lowest BCUT2D eigenvalue weighted by Crippen LogP contribution is -2.17. The van der Waals surface area contributed by atoms with Crippen LogP contribution in [0.4, 0.5) is 0 Å². The summed E-state index contributed by atoms with van der Waals surface area (Å²) < 4.78 is 6.85. The lowest BCUT2D eigenvalue weighted by molar-refractivity contribution is 0.310. The van der Waals surface area contributed by atoms with E-state index in [4.69, 9.17) is 16.3 Å². The lowest BCUT2D eigenvalue weighted by Gasteiger charge is -2.14. The van der Waals surface area contributed by atoms with Crippen LogP contribution in [0, 0.1) is 0 Å². The van der Waals surface area contributed by atoms with Gasteiger partial charge in [0.2, 0.25) is 0 Å². The average Bonchev–Trinajstić information content (AvgIpc) is 2.83. The van der Waals surface area contributed by atoms with Crippen molar-refractivity contribution in [1.29, 1.82) is 0 Å². The van der Waals surface area contributed by atoms with Gasteiger partial charge in [-0.05, 0) is 53.2 Å². The van der Waals surface area contributed by atoms with E-state index in [1.54, 1.807) is 11.3 Å². The molecule has 0 fully saturated rings. The van der Waals surface area contributed by atoms with E-state index in [0.29, 0.717) is 17.7 Å². The van der Waals surface area contributed by atoms with Gasteiger partial charge in [-0.15, -0.1) is 11.3 Å². The zero-order valence-electron chi connectivity index (χ0n) is 11.5. The number of ether oxygens (including phenoxy) is 1. The quantitative estimate of drug-likeness (QED) is 0.729. The third-order valence-corrected chi connectivity index (χ3v) is 4.92. The molecule has 1 aromatic heterocycles. The Balaban J connectivity index is 2.02. The predicted molar refractivity (Wildman–Crippen MR) is 89.9 cm³/mol. The Bertz CT molecular complexity index is 573. The van der Waals surface area contributed by atoms with Crippen LogP contribution >= 0.6 is 38.9 Å². The zero-order valence-corrected chi connectivity index (χ0v) is 14.6. The fourth-order valence-corrected chi connectivity index (χ4v) is 3.51. The molecular formula is C15H17BrClNOS. The van der Waals surface area contributed by atoms with Crippen LogP contribution in [-0.2, 0) is 6.61 Å². The Morgan fingerprint density at radius 3 is 2.80 bits per heavy atom. The summed E-state index contributed by atoms with van der Waals surface area (Å²) in [6.45, 7) is 5.69. The molecule has 0 saturated heterocycles. The smallest absolute Gasteiger partial charge is 0.138 e. The highest BCUT2D eigenvalue weighted by Gasteiger charge is 2.08. The molecule has 5 heteroatoms. The number of benzene rings is 1. The van der Waals surface area contributed by atoms with Crippen molar-refractivity contribution >= 4 is 38.9 Å². The molecule has 2 aromatic rings. The van der Waals surface area contributed by atoms with Crippen LogP contribution in [-0.4, -0.2) is 6.54 Å². The van der Waals surface area contributed by atoms with E-state index in [9.17, 15) is 0 Å². The Morgan fingerprint density at radius 2 is 2.20 bits per heavy atom. The van der Waals surface area contributed by atoms with Crippen LogP contribution in [0.3, 0.4) is 0 Å². The monoisotopic (exact) mass is 373 g/mol. The minimum absolute atomic E-state index is 0.291. The second-order valence-corrected chi connectivity index (χ2v) is 6.81. The van der Waals surface area contributed by atoms with E-state index >= 15 is 0 Å². The van der Waals surface area contributed by atoms with E-state index in [0.717, 1.165) is 21.6 Å². The van der Waals surface area contributed by atoms with Crippen molar-refractivity contribution in [3.8, 4) is 5.75 Å². The normalized spacial score (nSPS) is 12.4. The number of hydrogen-bond donors (Lipinski definition) is 1. The first-order valence-corrected chi connectivity index (χ1v) is 8.53. The van der Waals surface area contributed by atoms with Crippen molar-refractivity contribution in [2.24, 2.45) is 0 Å². The maximum Gasteiger partial charge on any atom is 0.138 e. The molecule has 1 heterocycles. The van der Waals surface area contributed by atoms with Crippen LogP contribution < -0.4 is 10.1 Å². The van der Waals surface area contributed by atoms with Gasteiger partial charge < -0.3 is 10.1 Å². The Hall–Kier alpha value is -0.550. The molecule has 1 atom stereocenters. The van der Waals surface area contributed by atoms with Gasteiger partial charge in [0.1, 0.15) is 12.4 Å². The van der Waals surface area contributed by atoms with Gasteiger partial charge in [-0.1, -0.05) is 24.6 Å². The van der Waals surface area contributed by atoms with Crippen molar-refractivity contribution in [1.82, 2.24) is 5.32 Å². The summed E-state index contributed by atoms with van der Waals surface area (Å²) >= 11 is 11.4. The van der Waals surface area contributed by atoms with E-state index in [1.165, 1.54) is 5.56 Å². The molecule has 2 rings (SSSR count).